The van der Waals surface area contributed by atoms with E-state index in [0.29, 0.717) is 12.2 Å². The Hall–Kier alpha value is -2.03. The van der Waals surface area contributed by atoms with E-state index in [1.165, 1.54) is 64.2 Å². The Bertz CT molecular complexity index is 617. The van der Waals surface area contributed by atoms with Crippen LogP contribution in [-0.4, -0.2) is 15.8 Å². The van der Waals surface area contributed by atoms with Crippen LogP contribution >= 0.6 is 0 Å². The molecule has 0 radical (unpaired) electrons. The van der Waals surface area contributed by atoms with Crippen molar-refractivity contribution in [3.8, 4) is 0 Å². The van der Waals surface area contributed by atoms with Crippen LogP contribution in [0.15, 0.2) is 49.1 Å². The molecule has 0 saturated heterocycles. The summed E-state index contributed by atoms with van der Waals surface area (Å²) in [6.07, 6.45) is 23.4. The molecule has 0 saturated carbocycles. The van der Waals surface area contributed by atoms with Crippen molar-refractivity contribution in [3.05, 3.63) is 60.2 Å². The van der Waals surface area contributed by atoms with Gasteiger partial charge in [0.1, 0.15) is 5.78 Å². The predicted molar refractivity (Wildman–Crippen MR) is 121 cm³/mol. The largest absolute Gasteiger partial charge is 0.299 e. The molecule has 0 N–H and O–H groups in total. The molecule has 29 heavy (non-hydrogen) atoms. The van der Waals surface area contributed by atoms with Crippen molar-refractivity contribution in [3.63, 3.8) is 0 Å². The third-order valence-corrected chi connectivity index (χ3v) is 5.68. The number of rotatable bonds is 16. The van der Waals surface area contributed by atoms with Crippen molar-refractivity contribution >= 4 is 5.78 Å². The molecule has 0 aliphatic rings. The highest BCUT2D eigenvalue weighted by Gasteiger charge is 2.21. The SMILES string of the molecule is CCCCCCCCCCCCCCC(=O)C(c1ccncc1)c1ccncc1. The van der Waals surface area contributed by atoms with Gasteiger partial charge in [-0.3, -0.25) is 14.8 Å². The number of unbranched alkanes of at least 4 members (excludes halogenated alkanes) is 11. The first kappa shape index (κ1) is 23.3. The summed E-state index contributed by atoms with van der Waals surface area (Å²) in [5.41, 5.74) is 2.05. The second kappa shape index (κ2) is 14.9. The van der Waals surface area contributed by atoms with Gasteiger partial charge in [-0.15, -0.1) is 0 Å². The van der Waals surface area contributed by atoms with Crippen molar-refractivity contribution in [2.75, 3.05) is 0 Å². The first-order valence-corrected chi connectivity index (χ1v) is 11.7. The molecule has 0 aromatic carbocycles. The zero-order valence-corrected chi connectivity index (χ0v) is 18.2. The van der Waals surface area contributed by atoms with Gasteiger partial charge in [0.25, 0.3) is 0 Å². The zero-order valence-electron chi connectivity index (χ0n) is 18.2. The molecule has 0 unspecified atom stereocenters. The van der Waals surface area contributed by atoms with Gasteiger partial charge in [0.2, 0.25) is 0 Å². The highest BCUT2D eigenvalue weighted by molar-refractivity contribution is 5.88. The van der Waals surface area contributed by atoms with Crippen LogP contribution in [0.5, 0.6) is 0 Å². The maximum atomic E-state index is 13.0. The average molecular weight is 395 g/mol. The third kappa shape index (κ3) is 9.34. The lowest BCUT2D eigenvalue weighted by Gasteiger charge is -2.16. The highest BCUT2D eigenvalue weighted by atomic mass is 16.1. The molecule has 3 heteroatoms. The molecule has 2 heterocycles. The van der Waals surface area contributed by atoms with Crippen LogP contribution in [0.25, 0.3) is 0 Å². The molecule has 2 aromatic rings. The first-order chi connectivity index (χ1) is 14.3. The number of aromatic nitrogens is 2. The van der Waals surface area contributed by atoms with E-state index in [0.717, 1.165) is 24.0 Å². The Morgan fingerprint density at radius 3 is 1.45 bits per heavy atom. The predicted octanol–water partition coefficient (Wildman–Crippen LogP) is 7.27. The lowest BCUT2D eigenvalue weighted by atomic mass is 9.86. The van der Waals surface area contributed by atoms with Crippen LogP contribution in [0, 0.1) is 0 Å². The van der Waals surface area contributed by atoms with Crippen molar-refractivity contribution in [1.29, 1.82) is 0 Å². The number of carbonyl (C=O) groups excluding carboxylic acids is 1. The topological polar surface area (TPSA) is 42.9 Å². The highest BCUT2D eigenvalue weighted by Crippen LogP contribution is 2.27. The molecular formula is C26H38N2O. The van der Waals surface area contributed by atoms with Gasteiger partial charge in [-0.05, 0) is 41.8 Å². The Morgan fingerprint density at radius 1 is 0.655 bits per heavy atom. The minimum atomic E-state index is -0.200. The van der Waals surface area contributed by atoms with Gasteiger partial charge in [0.15, 0.2) is 0 Å². The average Bonchev–Trinajstić information content (AvgIpc) is 2.76. The maximum absolute atomic E-state index is 13.0. The van der Waals surface area contributed by atoms with Crippen molar-refractivity contribution in [2.24, 2.45) is 0 Å². The Balaban J connectivity index is 1.64. The first-order valence-electron chi connectivity index (χ1n) is 11.7. The monoisotopic (exact) mass is 394 g/mol. The van der Waals surface area contributed by atoms with Crippen LogP contribution in [0.4, 0.5) is 0 Å². The molecule has 0 aliphatic heterocycles. The fraction of sp³-hybridized carbons (Fsp3) is 0.577. The summed E-state index contributed by atoms with van der Waals surface area (Å²) >= 11 is 0. The normalized spacial score (nSPS) is 11.1. The number of pyridine rings is 2. The van der Waals surface area contributed by atoms with Crippen molar-refractivity contribution in [2.45, 2.75) is 96.3 Å². The number of nitrogens with zero attached hydrogens (tertiary/aromatic N) is 2. The van der Waals surface area contributed by atoms with Crippen LogP contribution in [-0.2, 0) is 4.79 Å². The maximum Gasteiger partial charge on any atom is 0.144 e. The number of hydrogen-bond acceptors (Lipinski definition) is 3. The number of Topliss-reactive ketones (excluding diaryl/α,β-unsaturated/α-hetero) is 1. The number of hydrogen-bond donors (Lipinski definition) is 0. The van der Waals surface area contributed by atoms with Gasteiger partial charge < -0.3 is 0 Å². The van der Waals surface area contributed by atoms with E-state index >= 15 is 0 Å². The van der Waals surface area contributed by atoms with Gasteiger partial charge >= 0.3 is 0 Å². The second-order valence-corrected chi connectivity index (χ2v) is 8.10. The molecule has 0 spiro atoms. The van der Waals surface area contributed by atoms with Crippen LogP contribution in [0.1, 0.15) is 107 Å². The molecule has 0 amide bonds. The van der Waals surface area contributed by atoms with E-state index in [9.17, 15) is 4.79 Å². The Kier molecular flexibility index (Phi) is 11.9. The molecule has 158 valence electrons. The molecule has 0 fully saturated rings. The molecule has 2 rings (SSSR count). The van der Waals surface area contributed by atoms with Crippen molar-refractivity contribution < 1.29 is 4.79 Å². The summed E-state index contributed by atoms with van der Waals surface area (Å²) in [6.45, 7) is 2.27. The van der Waals surface area contributed by atoms with Crippen LogP contribution < -0.4 is 0 Å². The lowest BCUT2D eigenvalue weighted by Crippen LogP contribution is -2.14. The minimum absolute atomic E-state index is 0.200. The molecule has 0 aliphatic carbocycles. The van der Waals surface area contributed by atoms with Gasteiger partial charge in [-0.1, -0.05) is 77.6 Å². The lowest BCUT2D eigenvalue weighted by molar-refractivity contribution is -0.119. The van der Waals surface area contributed by atoms with E-state index in [2.05, 4.69) is 16.9 Å². The standard InChI is InChI=1S/C26H38N2O/c1-2-3-4-5-6-7-8-9-10-11-12-13-14-25(29)26(23-15-19-27-20-16-23)24-17-21-28-22-18-24/h15-22,26H,2-14H2,1H3. The summed E-state index contributed by atoms with van der Waals surface area (Å²) < 4.78 is 0. The smallest absolute Gasteiger partial charge is 0.144 e. The summed E-state index contributed by atoms with van der Waals surface area (Å²) in [6, 6.07) is 7.80. The molecule has 0 bridgehead atoms. The van der Waals surface area contributed by atoms with E-state index in [-0.39, 0.29) is 5.92 Å². The molecule has 2 aromatic heterocycles. The van der Waals surface area contributed by atoms with Crippen LogP contribution in [0.3, 0.4) is 0 Å². The van der Waals surface area contributed by atoms with E-state index < -0.39 is 0 Å². The second-order valence-electron chi connectivity index (χ2n) is 8.10. The minimum Gasteiger partial charge on any atom is -0.299 e. The van der Waals surface area contributed by atoms with Gasteiger partial charge in [0.05, 0.1) is 5.92 Å². The number of ketones is 1. The molecule has 3 nitrogen and oxygen atoms in total. The summed E-state index contributed by atoms with van der Waals surface area (Å²) in [5, 5.41) is 0. The van der Waals surface area contributed by atoms with Gasteiger partial charge in [-0.2, -0.15) is 0 Å². The van der Waals surface area contributed by atoms with E-state index in [1.807, 2.05) is 24.3 Å². The van der Waals surface area contributed by atoms with E-state index in [1.54, 1.807) is 24.8 Å². The van der Waals surface area contributed by atoms with Gasteiger partial charge in [0, 0.05) is 31.2 Å². The third-order valence-electron chi connectivity index (χ3n) is 5.68. The summed E-state index contributed by atoms with van der Waals surface area (Å²) in [7, 11) is 0. The number of carbonyl (C=O) groups is 1. The molecular weight excluding hydrogens is 356 g/mol. The quantitative estimate of drug-likeness (QED) is 0.281. The van der Waals surface area contributed by atoms with Crippen molar-refractivity contribution in [1.82, 2.24) is 9.97 Å². The zero-order chi connectivity index (χ0) is 20.6. The fourth-order valence-electron chi connectivity index (χ4n) is 3.96. The Morgan fingerprint density at radius 2 is 1.03 bits per heavy atom. The fourth-order valence-corrected chi connectivity index (χ4v) is 3.96. The summed E-state index contributed by atoms with van der Waals surface area (Å²) in [5.74, 6) is 0.100. The molecule has 0 atom stereocenters. The Labute approximate surface area is 177 Å². The summed E-state index contributed by atoms with van der Waals surface area (Å²) in [4.78, 5) is 21.2. The van der Waals surface area contributed by atoms with Crippen LogP contribution in [0.2, 0.25) is 0 Å². The van der Waals surface area contributed by atoms with E-state index in [4.69, 9.17) is 0 Å². The van der Waals surface area contributed by atoms with Gasteiger partial charge in [-0.25, -0.2) is 0 Å².